The number of aryl methyl sites for hydroxylation is 2. The number of ether oxygens (including phenoxy) is 2. The molecule has 0 aliphatic carbocycles. The van der Waals surface area contributed by atoms with E-state index in [0.717, 1.165) is 11.1 Å². The molecule has 0 aliphatic heterocycles. The molecule has 0 bridgehead atoms. The summed E-state index contributed by atoms with van der Waals surface area (Å²) in [7, 11) is 1.46. The lowest BCUT2D eigenvalue weighted by atomic mass is 10.1. The van der Waals surface area contributed by atoms with Crippen LogP contribution in [-0.4, -0.2) is 31.5 Å². The molecule has 2 aromatic rings. The van der Waals surface area contributed by atoms with Crippen molar-refractivity contribution in [3.8, 4) is 5.75 Å². The van der Waals surface area contributed by atoms with E-state index in [1.165, 1.54) is 13.2 Å². The fraction of sp³-hybridized carbons (Fsp3) is 0.286. The highest BCUT2D eigenvalue weighted by molar-refractivity contribution is 6.31. The zero-order valence-corrected chi connectivity index (χ0v) is 17.3. The number of carbonyl (C=O) groups is 3. The van der Waals surface area contributed by atoms with Crippen LogP contribution in [0.25, 0.3) is 0 Å². The third kappa shape index (κ3) is 7.12. The average molecular weight is 419 g/mol. The minimum absolute atomic E-state index is 0.0457. The van der Waals surface area contributed by atoms with Crippen LogP contribution >= 0.6 is 11.6 Å². The normalized spacial score (nSPS) is 10.2. The van der Waals surface area contributed by atoms with Crippen LogP contribution in [0.4, 0.5) is 11.4 Å². The Hall–Kier alpha value is -3.06. The van der Waals surface area contributed by atoms with Crippen molar-refractivity contribution in [2.75, 3.05) is 24.4 Å². The van der Waals surface area contributed by atoms with Gasteiger partial charge in [-0.15, -0.1) is 0 Å². The second-order valence-corrected chi connectivity index (χ2v) is 6.86. The Morgan fingerprint density at radius 2 is 1.66 bits per heavy atom. The SMILES string of the molecule is COc1ccc(Cl)cc1NC(=O)COC(=O)CCC(=O)Nc1cc(C)ccc1C. The monoisotopic (exact) mass is 418 g/mol. The quantitative estimate of drug-likeness (QED) is 0.635. The van der Waals surface area contributed by atoms with Crippen LogP contribution in [-0.2, 0) is 19.1 Å². The highest BCUT2D eigenvalue weighted by atomic mass is 35.5. The summed E-state index contributed by atoms with van der Waals surface area (Å²) in [6.45, 7) is 3.33. The summed E-state index contributed by atoms with van der Waals surface area (Å²) in [5, 5.41) is 5.76. The zero-order chi connectivity index (χ0) is 21.4. The van der Waals surface area contributed by atoms with Gasteiger partial charge in [0.1, 0.15) is 5.75 Å². The Morgan fingerprint density at radius 3 is 2.38 bits per heavy atom. The molecule has 0 atom stereocenters. The number of hydrogen-bond donors (Lipinski definition) is 2. The maximum Gasteiger partial charge on any atom is 0.306 e. The maximum absolute atomic E-state index is 12.0. The smallest absolute Gasteiger partial charge is 0.306 e. The standard InChI is InChI=1S/C21H23ClN2O5/c1-13-4-5-14(2)16(10-13)23-19(25)8-9-21(27)29-12-20(26)24-17-11-15(22)6-7-18(17)28-3/h4-7,10-11H,8-9,12H2,1-3H3,(H,23,25)(H,24,26). The second kappa shape index (κ2) is 10.5. The molecule has 0 aliphatic rings. The summed E-state index contributed by atoms with van der Waals surface area (Å²) in [5.41, 5.74) is 3.03. The maximum atomic E-state index is 12.0. The highest BCUT2D eigenvalue weighted by Crippen LogP contribution is 2.27. The van der Waals surface area contributed by atoms with Gasteiger partial charge >= 0.3 is 5.97 Å². The molecule has 7 nitrogen and oxygen atoms in total. The van der Waals surface area contributed by atoms with E-state index in [0.29, 0.717) is 22.1 Å². The Balaban J connectivity index is 1.76. The Kier molecular flexibility index (Phi) is 8.03. The van der Waals surface area contributed by atoms with Gasteiger partial charge in [-0.1, -0.05) is 23.7 Å². The topological polar surface area (TPSA) is 93.7 Å². The number of anilines is 2. The van der Waals surface area contributed by atoms with Gasteiger partial charge in [-0.25, -0.2) is 0 Å². The first-order valence-electron chi connectivity index (χ1n) is 8.94. The van der Waals surface area contributed by atoms with E-state index < -0.39 is 18.5 Å². The average Bonchev–Trinajstić information content (AvgIpc) is 2.68. The number of nitrogens with one attached hydrogen (secondary N) is 2. The predicted octanol–water partition coefficient (Wildman–Crippen LogP) is 3.87. The zero-order valence-electron chi connectivity index (χ0n) is 16.5. The largest absolute Gasteiger partial charge is 0.495 e. The van der Waals surface area contributed by atoms with E-state index in [4.69, 9.17) is 21.1 Å². The first-order chi connectivity index (χ1) is 13.8. The molecule has 0 saturated heterocycles. The lowest BCUT2D eigenvalue weighted by Crippen LogP contribution is -2.22. The molecule has 154 valence electrons. The number of benzene rings is 2. The van der Waals surface area contributed by atoms with Crippen molar-refractivity contribution in [2.24, 2.45) is 0 Å². The lowest BCUT2D eigenvalue weighted by molar-refractivity contribution is -0.147. The summed E-state index contributed by atoms with van der Waals surface area (Å²) in [6.07, 6.45) is -0.180. The van der Waals surface area contributed by atoms with Gasteiger partial charge in [0.2, 0.25) is 5.91 Å². The van der Waals surface area contributed by atoms with E-state index in [9.17, 15) is 14.4 Å². The molecule has 2 rings (SSSR count). The number of hydrogen-bond acceptors (Lipinski definition) is 5. The molecule has 0 radical (unpaired) electrons. The summed E-state index contributed by atoms with van der Waals surface area (Å²) in [5.74, 6) is -1.06. The lowest BCUT2D eigenvalue weighted by Gasteiger charge is -2.11. The van der Waals surface area contributed by atoms with Crippen LogP contribution in [0.1, 0.15) is 24.0 Å². The molecule has 29 heavy (non-hydrogen) atoms. The fourth-order valence-electron chi connectivity index (χ4n) is 2.48. The predicted molar refractivity (Wildman–Crippen MR) is 111 cm³/mol. The van der Waals surface area contributed by atoms with Gasteiger partial charge in [0.25, 0.3) is 5.91 Å². The second-order valence-electron chi connectivity index (χ2n) is 6.42. The molecule has 8 heteroatoms. The van der Waals surface area contributed by atoms with Gasteiger partial charge in [-0.2, -0.15) is 0 Å². The summed E-state index contributed by atoms with van der Waals surface area (Å²) in [4.78, 5) is 35.8. The van der Waals surface area contributed by atoms with Gasteiger partial charge in [-0.3, -0.25) is 14.4 Å². The van der Waals surface area contributed by atoms with Crippen molar-refractivity contribution >= 4 is 40.8 Å². The van der Waals surface area contributed by atoms with Crippen molar-refractivity contribution in [3.63, 3.8) is 0 Å². The molecule has 0 saturated carbocycles. The summed E-state index contributed by atoms with van der Waals surface area (Å²) < 4.78 is 10.0. The number of amides is 2. The molecule has 0 unspecified atom stereocenters. The van der Waals surface area contributed by atoms with Crippen molar-refractivity contribution < 1.29 is 23.9 Å². The molecule has 2 N–H and O–H groups in total. The van der Waals surface area contributed by atoms with Crippen LogP contribution in [0, 0.1) is 13.8 Å². The Labute approximate surface area is 174 Å². The van der Waals surface area contributed by atoms with Crippen LogP contribution in [0.2, 0.25) is 5.02 Å². The molecular formula is C21H23ClN2O5. The van der Waals surface area contributed by atoms with Gasteiger partial charge in [0.05, 0.1) is 19.2 Å². The summed E-state index contributed by atoms with van der Waals surface area (Å²) >= 11 is 5.90. The van der Waals surface area contributed by atoms with Crippen molar-refractivity contribution in [2.45, 2.75) is 26.7 Å². The number of halogens is 1. The van der Waals surface area contributed by atoms with Gasteiger partial charge in [0.15, 0.2) is 6.61 Å². The number of methoxy groups -OCH3 is 1. The molecule has 0 spiro atoms. The molecular weight excluding hydrogens is 396 g/mol. The minimum Gasteiger partial charge on any atom is -0.495 e. The minimum atomic E-state index is -0.644. The van der Waals surface area contributed by atoms with Gasteiger partial charge in [-0.05, 0) is 49.2 Å². The van der Waals surface area contributed by atoms with Gasteiger partial charge in [0, 0.05) is 17.1 Å². The van der Waals surface area contributed by atoms with Crippen molar-refractivity contribution in [1.29, 1.82) is 0 Å². The van der Waals surface area contributed by atoms with E-state index in [1.54, 1.807) is 12.1 Å². The Bertz CT molecular complexity index is 914. The van der Waals surface area contributed by atoms with Crippen LogP contribution in [0.5, 0.6) is 5.75 Å². The van der Waals surface area contributed by atoms with E-state index >= 15 is 0 Å². The molecule has 2 amide bonds. The first-order valence-corrected chi connectivity index (χ1v) is 9.32. The van der Waals surface area contributed by atoms with E-state index in [1.807, 2.05) is 32.0 Å². The molecule has 2 aromatic carbocycles. The van der Waals surface area contributed by atoms with Crippen LogP contribution in [0.3, 0.4) is 0 Å². The van der Waals surface area contributed by atoms with Crippen LogP contribution in [0.15, 0.2) is 36.4 Å². The van der Waals surface area contributed by atoms with E-state index in [2.05, 4.69) is 10.6 Å². The highest BCUT2D eigenvalue weighted by Gasteiger charge is 2.13. The van der Waals surface area contributed by atoms with Crippen molar-refractivity contribution in [3.05, 3.63) is 52.5 Å². The number of carbonyl (C=O) groups excluding carboxylic acids is 3. The number of esters is 1. The molecule has 0 aromatic heterocycles. The summed E-state index contributed by atoms with van der Waals surface area (Å²) in [6, 6.07) is 10.5. The van der Waals surface area contributed by atoms with Gasteiger partial charge < -0.3 is 20.1 Å². The van der Waals surface area contributed by atoms with Crippen molar-refractivity contribution in [1.82, 2.24) is 0 Å². The van der Waals surface area contributed by atoms with Crippen LogP contribution < -0.4 is 15.4 Å². The Morgan fingerprint density at radius 1 is 0.931 bits per heavy atom. The third-order valence-electron chi connectivity index (χ3n) is 4.02. The molecule has 0 fully saturated rings. The first kappa shape index (κ1) is 22.2. The molecule has 0 heterocycles. The number of rotatable bonds is 8. The fourth-order valence-corrected chi connectivity index (χ4v) is 2.65. The van der Waals surface area contributed by atoms with E-state index in [-0.39, 0.29) is 18.7 Å². The third-order valence-corrected chi connectivity index (χ3v) is 4.26.